The van der Waals surface area contributed by atoms with E-state index in [9.17, 15) is 9.59 Å². The van der Waals surface area contributed by atoms with Crippen LogP contribution in [0.3, 0.4) is 0 Å². The van der Waals surface area contributed by atoms with Crippen LogP contribution >= 0.6 is 11.3 Å². The zero-order valence-electron chi connectivity index (χ0n) is 12.7. The zero-order valence-corrected chi connectivity index (χ0v) is 13.5. The molecular formula is C16H23N3O2S. The molecule has 1 aromatic heterocycles. The zero-order chi connectivity index (χ0) is 15.4. The monoisotopic (exact) mass is 321 g/mol. The number of hydrogen-bond acceptors (Lipinski definition) is 4. The van der Waals surface area contributed by atoms with Gasteiger partial charge in [-0.1, -0.05) is 18.9 Å². The summed E-state index contributed by atoms with van der Waals surface area (Å²) in [4.78, 5) is 27.4. The summed E-state index contributed by atoms with van der Waals surface area (Å²) in [7, 11) is 0. The van der Waals surface area contributed by atoms with Gasteiger partial charge in [-0.25, -0.2) is 4.79 Å². The van der Waals surface area contributed by atoms with Gasteiger partial charge in [0.1, 0.15) is 0 Å². The van der Waals surface area contributed by atoms with Crippen molar-refractivity contribution in [3.05, 3.63) is 22.4 Å². The minimum atomic E-state index is -0.344. The molecule has 0 bridgehead atoms. The Morgan fingerprint density at radius 3 is 2.77 bits per heavy atom. The highest BCUT2D eigenvalue weighted by Crippen LogP contribution is 2.33. The van der Waals surface area contributed by atoms with Crippen LogP contribution in [0.15, 0.2) is 17.5 Å². The SMILES string of the molecule is O=C(CN1CCC[C@H]1c1cccs1)NC(=O)NC1CCCC1. The lowest BCUT2D eigenvalue weighted by atomic mass is 10.2. The molecule has 2 heterocycles. The van der Waals surface area contributed by atoms with Gasteiger partial charge in [-0.05, 0) is 43.7 Å². The lowest BCUT2D eigenvalue weighted by Gasteiger charge is -2.23. The Morgan fingerprint density at radius 1 is 1.23 bits per heavy atom. The Bertz CT molecular complexity index is 511. The summed E-state index contributed by atoms with van der Waals surface area (Å²) in [6.45, 7) is 1.21. The second-order valence-electron chi connectivity index (χ2n) is 6.15. The number of nitrogens with one attached hydrogen (secondary N) is 2. The molecule has 0 unspecified atom stereocenters. The first-order chi connectivity index (χ1) is 10.7. The Labute approximate surface area is 135 Å². The van der Waals surface area contributed by atoms with Crippen molar-refractivity contribution in [3.8, 4) is 0 Å². The van der Waals surface area contributed by atoms with Crippen LogP contribution in [-0.2, 0) is 4.79 Å². The Balaban J connectivity index is 1.47. The summed E-state index contributed by atoms with van der Waals surface area (Å²) in [5.74, 6) is -0.209. The van der Waals surface area contributed by atoms with Crippen molar-refractivity contribution in [2.24, 2.45) is 0 Å². The van der Waals surface area contributed by atoms with Gasteiger partial charge in [-0.2, -0.15) is 0 Å². The molecule has 0 aromatic carbocycles. The predicted molar refractivity (Wildman–Crippen MR) is 86.8 cm³/mol. The van der Waals surface area contributed by atoms with E-state index in [1.54, 1.807) is 11.3 Å². The molecule has 2 fully saturated rings. The number of carbonyl (C=O) groups is 2. The Hall–Kier alpha value is -1.40. The van der Waals surface area contributed by atoms with Gasteiger partial charge in [0, 0.05) is 17.0 Å². The molecule has 1 saturated heterocycles. The first-order valence-electron chi connectivity index (χ1n) is 8.10. The first-order valence-corrected chi connectivity index (χ1v) is 8.98. The van der Waals surface area contributed by atoms with Gasteiger partial charge in [-0.3, -0.25) is 15.0 Å². The molecule has 1 aliphatic carbocycles. The predicted octanol–water partition coefficient (Wildman–Crippen LogP) is 2.65. The van der Waals surface area contributed by atoms with E-state index in [-0.39, 0.29) is 18.0 Å². The summed E-state index contributed by atoms with van der Waals surface area (Å²) in [6.07, 6.45) is 6.55. The van der Waals surface area contributed by atoms with Crippen LogP contribution in [0.25, 0.3) is 0 Å². The molecule has 0 spiro atoms. The number of thiophene rings is 1. The molecule has 3 amide bonds. The largest absolute Gasteiger partial charge is 0.335 e. The minimum absolute atomic E-state index is 0.209. The van der Waals surface area contributed by atoms with Crippen LogP contribution in [0, 0.1) is 0 Å². The molecule has 5 nitrogen and oxygen atoms in total. The molecule has 1 saturated carbocycles. The normalized spacial score (nSPS) is 22.8. The number of amides is 3. The van der Waals surface area contributed by atoms with Crippen LogP contribution in [0.1, 0.15) is 49.4 Å². The fourth-order valence-corrected chi connectivity index (χ4v) is 4.36. The maximum atomic E-state index is 12.1. The van der Waals surface area contributed by atoms with Crippen LogP contribution in [0.2, 0.25) is 0 Å². The lowest BCUT2D eigenvalue weighted by Crippen LogP contribution is -2.46. The fraction of sp³-hybridized carbons (Fsp3) is 0.625. The van der Waals surface area contributed by atoms with Gasteiger partial charge in [0.25, 0.3) is 0 Å². The topological polar surface area (TPSA) is 61.4 Å². The number of carbonyl (C=O) groups excluding carboxylic acids is 2. The fourth-order valence-electron chi connectivity index (χ4n) is 3.46. The number of urea groups is 1. The van der Waals surface area contributed by atoms with Gasteiger partial charge in [0.2, 0.25) is 5.91 Å². The Morgan fingerprint density at radius 2 is 2.05 bits per heavy atom. The molecule has 0 radical (unpaired) electrons. The van der Waals surface area contributed by atoms with Crippen LogP contribution < -0.4 is 10.6 Å². The average molecular weight is 321 g/mol. The van der Waals surface area contributed by atoms with Crippen LogP contribution in [0.4, 0.5) is 4.79 Å². The van der Waals surface area contributed by atoms with Crippen molar-refractivity contribution in [1.82, 2.24) is 15.5 Å². The van der Waals surface area contributed by atoms with Crippen LogP contribution in [0.5, 0.6) is 0 Å². The van der Waals surface area contributed by atoms with Crippen molar-refractivity contribution in [3.63, 3.8) is 0 Å². The molecule has 1 aliphatic heterocycles. The van der Waals surface area contributed by atoms with E-state index in [1.165, 1.54) is 4.88 Å². The average Bonchev–Trinajstić information content (AvgIpc) is 3.19. The summed E-state index contributed by atoms with van der Waals surface area (Å²) in [5, 5.41) is 7.43. The first kappa shape index (κ1) is 15.5. The summed E-state index contributed by atoms with van der Waals surface area (Å²) >= 11 is 1.73. The number of likely N-dealkylation sites (tertiary alicyclic amines) is 1. The van der Waals surface area contributed by atoms with E-state index in [2.05, 4.69) is 27.0 Å². The molecule has 1 aromatic rings. The molecule has 3 rings (SSSR count). The molecule has 6 heteroatoms. The van der Waals surface area contributed by atoms with Crippen molar-refractivity contribution in [2.75, 3.05) is 13.1 Å². The quantitative estimate of drug-likeness (QED) is 0.896. The lowest BCUT2D eigenvalue weighted by molar-refractivity contribution is -0.121. The van der Waals surface area contributed by atoms with Gasteiger partial charge >= 0.3 is 6.03 Å². The highest BCUT2D eigenvalue weighted by atomic mass is 32.1. The molecular weight excluding hydrogens is 298 g/mol. The van der Waals surface area contributed by atoms with Crippen molar-refractivity contribution < 1.29 is 9.59 Å². The number of rotatable bonds is 4. The number of nitrogens with zero attached hydrogens (tertiary/aromatic N) is 1. The second kappa shape index (κ2) is 7.24. The van der Waals surface area contributed by atoms with Crippen molar-refractivity contribution >= 4 is 23.3 Å². The van der Waals surface area contributed by atoms with E-state index in [4.69, 9.17) is 0 Å². The summed E-state index contributed by atoms with van der Waals surface area (Å²) in [6, 6.07) is 4.38. The third-order valence-corrected chi connectivity index (χ3v) is 5.50. The second-order valence-corrected chi connectivity index (χ2v) is 7.13. The van der Waals surface area contributed by atoms with Gasteiger partial charge in [0.05, 0.1) is 6.54 Å². The molecule has 2 N–H and O–H groups in total. The molecule has 22 heavy (non-hydrogen) atoms. The van der Waals surface area contributed by atoms with Gasteiger partial charge in [-0.15, -0.1) is 11.3 Å². The molecule has 120 valence electrons. The third-order valence-electron chi connectivity index (χ3n) is 4.53. The number of hydrogen-bond donors (Lipinski definition) is 2. The van der Waals surface area contributed by atoms with Crippen molar-refractivity contribution in [2.45, 2.75) is 50.6 Å². The standard InChI is InChI=1S/C16H23N3O2S/c20-15(18-16(21)17-12-5-1-2-6-12)11-19-9-3-7-13(19)14-8-4-10-22-14/h4,8,10,12-13H,1-3,5-7,9,11H2,(H2,17,18,20,21)/t13-/m0/s1. The van der Waals surface area contributed by atoms with Crippen molar-refractivity contribution in [1.29, 1.82) is 0 Å². The van der Waals surface area contributed by atoms with E-state index in [0.29, 0.717) is 12.6 Å². The Kier molecular flexibility index (Phi) is 5.10. The highest BCUT2D eigenvalue weighted by molar-refractivity contribution is 7.10. The molecule has 2 aliphatic rings. The van der Waals surface area contributed by atoms with Crippen LogP contribution in [-0.4, -0.2) is 36.0 Å². The maximum Gasteiger partial charge on any atom is 0.321 e. The van der Waals surface area contributed by atoms with E-state index in [0.717, 1.165) is 45.1 Å². The number of imide groups is 1. The van der Waals surface area contributed by atoms with E-state index in [1.807, 2.05) is 6.07 Å². The van der Waals surface area contributed by atoms with E-state index < -0.39 is 0 Å². The smallest absolute Gasteiger partial charge is 0.321 e. The molecule has 1 atom stereocenters. The summed E-state index contributed by atoms with van der Waals surface area (Å²) < 4.78 is 0. The van der Waals surface area contributed by atoms with E-state index >= 15 is 0 Å². The van der Waals surface area contributed by atoms with Gasteiger partial charge < -0.3 is 5.32 Å². The minimum Gasteiger partial charge on any atom is -0.335 e. The summed E-state index contributed by atoms with van der Waals surface area (Å²) in [5.41, 5.74) is 0. The highest BCUT2D eigenvalue weighted by Gasteiger charge is 2.28. The maximum absolute atomic E-state index is 12.1. The third kappa shape index (κ3) is 3.87. The van der Waals surface area contributed by atoms with Gasteiger partial charge in [0.15, 0.2) is 0 Å².